The first-order valence-corrected chi connectivity index (χ1v) is 7.82. The zero-order valence-corrected chi connectivity index (χ0v) is 13.0. The van der Waals surface area contributed by atoms with Crippen LogP contribution in [0.3, 0.4) is 0 Å². The van der Waals surface area contributed by atoms with Gasteiger partial charge in [0.15, 0.2) is 0 Å². The predicted molar refractivity (Wildman–Crippen MR) is 85.3 cm³/mol. The molecule has 0 saturated carbocycles. The van der Waals surface area contributed by atoms with E-state index in [1.807, 2.05) is 6.07 Å². The van der Waals surface area contributed by atoms with E-state index in [2.05, 4.69) is 11.9 Å². The second-order valence-electron chi connectivity index (χ2n) is 5.99. The Kier molecular flexibility index (Phi) is 4.38. The number of piperidine rings is 1. The summed E-state index contributed by atoms with van der Waals surface area (Å²) in [6.07, 6.45) is 2.43. The summed E-state index contributed by atoms with van der Waals surface area (Å²) in [5, 5.41) is 0. The number of benzene rings is 1. The third kappa shape index (κ3) is 3.27. The molecular formula is C16H23N3O3. The lowest BCUT2D eigenvalue weighted by molar-refractivity contribution is 0.0551. The van der Waals surface area contributed by atoms with E-state index in [1.54, 1.807) is 17.0 Å². The van der Waals surface area contributed by atoms with Crippen LogP contribution in [0.15, 0.2) is 18.2 Å². The third-order valence-electron chi connectivity index (χ3n) is 4.13. The minimum Gasteiger partial charge on any atom is -0.491 e. The van der Waals surface area contributed by atoms with Crippen molar-refractivity contribution >= 4 is 17.5 Å². The fourth-order valence-electron chi connectivity index (χ4n) is 3.01. The van der Waals surface area contributed by atoms with Gasteiger partial charge in [0.2, 0.25) is 0 Å². The molecule has 22 heavy (non-hydrogen) atoms. The van der Waals surface area contributed by atoms with Crippen molar-refractivity contribution in [2.75, 3.05) is 43.9 Å². The van der Waals surface area contributed by atoms with Gasteiger partial charge in [0.25, 0.3) is 0 Å². The highest BCUT2D eigenvalue weighted by molar-refractivity contribution is 5.90. The predicted octanol–water partition coefficient (Wildman–Crippen LogP) is 2.09. The van der Waals surface area contributed by atoms with Crippen molar-refractivity contribution in [1.82, 2.24) is 4.90 Å². The molecule has 1 atom stereocenters. The third-order valence-corrected chi connectivity index (χ3v) is 4.13. The van der Waals surface area contributed by atoms with Crippen molar-refractivity contribution in [3.63, 3.8) is 0 Å². The van der Waals surface area contributed by atoms with Gasteiger partial charge in [0, 0.05) is 24.8 Å². The smallest absolute Gasteiger partial charge is 0.414 e. The average molecular weight is 305 g/mol. The number of carbonyl (C=O) groups is 1. The van der Waals surface area contributed by atoms with E-state index >= 15 is 0 Å². The number of fused-ring (bicyclic) bond motifs is 1. The second-order valence-corrected chi connectivity index (χ2v) is 5.99. The average Bonchev–Trinajstić information content (AvgIpc) is 2.69. The van der Waals surface area contributed by atoms with Crippen LogP contribution in [0.1, 0.15) is 19.3 Å². The van der Waals surface area contributed by atoms with Crippen LogP contribution in [0.4, 0.5) is 16.2 Å². The summed E-state index contributed by atoms with van der Waals surface area (Å²) < 4.78 is 11.4. The zero-order chi connectivity index (χ0) is 15.5. The maximum Gasteiger partial charge on any atom is 0.414 e. The largest absolute Gasteiger partial charge is 0.491 e. The van der Waals surface area contributed by atoms with Crippen LogP contribution >= 0.6 is 0 Å². The Hall–Kier alpha value is -1.95. The minimum absolute atomic E-state index is 0.0346. The Balaban J connectivity index is 1.74. The van der Waals surface area contributed by atoms with E-state index < -0.39 is 0 Å². The van der Waals surface area contributed by atoms with Crippen LogP contribution in [-0.2, 0) is 4.74 Å². The molecule has 6 nitrogen and oxygen atoms in total. The molecule has 1 amide bonds. The molecule has 1 fully saturated rings. The van der Waals surface area contributed by atoms with Crippen molar-refractivity contribution in [2.24, 2.45) is 0 Å². The van der Waals surface area contributed by atoms with Gasteiger partial charge in [-0.2, -0.15) is 0 Å². The molecule has 2 N–H and O–H groups in total. The Morgan fingerprint density at radius 3 is 3.05 bits per heavy atom. The number of amides is 1. The molecule has 1 aromatic rings. The molecule has 3 rings (SSSR count). The molecule has 2 aliphatic rings. The monoisotopic (exact) mass is 305 g/mol. The molecule has 1 unspecified atom stereocenters. The normalized spacial score (nSPS) is 22.4. The van der Waals surface area contributed by atoms with Crippen LogP contribution in [0.2, 0.25) is 0 Å². The van der Waals surface area contributed by atoms with Crippen LogP contribution in [0, 0.1) is 0 Å². The van der Waals surface area contributed by atoms with Gasteiger partial charge < -0.3 is 20.1 Å². The molecule has 0 aromatic heterocycles. The van der Waals surface area contributed by atoms with Gasteiger partial charge >= 0.3 is 6.09 Å². The van der Waals surface area contributed by atoms with Crippen molar-refractivity contribution < 1.29 is 14.3 Å². The first-order valence-electron chi connectivity index (χ1n) is 7.82. The van der Waals surface area contributed by atoms with Crippen LogP contribution in [0.25, 0.3) is 0 Å². The van der Waals surface area contributed by atoms with Crippen molar-refractivity contribution in [1.29, 1.82) is 0 Å². The van der Waals surface area contributed by atoms with E-state index in [0.29, 0.717) is 24.6 Å². The molecular weight excluding hydrogens is 282 g/mol. The van der Waals surface area contributed by atoms with Gasteiger partial charge in [0.1, 0.15) is 11.9 Å². The van der Waals surface area contributed by atoms with Crippen LogP contribution < -0.4 is 15.4 Å². The number of likely N-dealkylation sites (N-methyl/N-ethyl adjacent to an activating group) is 1. The molecule has 0 aliphatic carbocycles. The molecule has 0 bridgehead atoms. The fourth-order valence-corrected chi connectivity index (χ4v) is 3.01. The van der Waals surface area contributed by atoms with Crippen molar-refractivity contribution in [3.8, 4) is 5.75 Å². The summed E-state index contributed by atoms with van der Waals surface area (Å²) in [6, 6.07) is 5.36. The quantitative estimate of drug-likeness (QED) is 0.805. The number of hydrogen-bond acceptors (Lipinski definition) is 5. The lowest BCUT2D eigenvalue weighted by Crippen LogP contribution is -2.42. The number of carbonyl (C=O) groups excluding carboxylic acids is 1. The maximum absolute atomic E-state index is 12.6. The van der Waals surface area contributed by atoms with Gasteiger partial charge in [0.05, 0.1) is 12.3 Å². The van der Waals surface area contributed by atoms with E-state index in [1.165, 1.54) is 0 Å². The lowest BCUT2D eigenvalue weighted by Gasteiger charge is -2.31. The topological polar surface area (TPSA) is 68.0 Å². The van der Waals surface area contributed by atoms with Gasteiger partial charge in [-0.15, -0.1) is 0 Å². The minimum atomic E-state index is -0.295. The van der Waals surface area contributed by atoms with E-state index in [-0.39, 0.29) is 12.2 Å². The Labute approximate surface area is 130 Å². The fraction of sp³-hybridized carbons (Fsp3) is 0.562. The molecule has 2 aliphatic heterocycles. The zero-order valence-electron chi connectivity index (χ0n) is 13.0. The Morgan fingerprint density at radius 1 is 1.36 bits per heavy atom. The van der Waals surface area contributed by atoms with Crippen molar-refractivity contribution in [2.45, 2.75) is 25.4 Å². The first-order chi connectivity index (χ1) is 10.6. The molecule has 2 heterocycles. The van der Waals surface area contributed by atoms with E-state index in [0.717, 1.165) is 38.0 Å². The molecule has 120 valence electrons. The second kappa shape index (κ2) is 6.44. The SMILES string of the molecule is CN1CCCC(OC(=O)N2CCCOc3cc(N)ccc32)C1. The number of likely N-dealkylation sites (tertiary alicyclic amines) is 1. The molecule has 0 radical (unpaired) electrons. The molecule has 6 heteroatoms. The summed E-state index contributed by atoms with van der Waals surface area (Å²) >= 11 is 0. The van der Waals surface area contributed by atoms with E-state index in [4.69, 9.17) is 15.2 Å². The molecule has 0 spiro atoms. The summed E-state index contributed by atoms with van der Waals surface area (Å²) in [4.78, 5) is 16.4. The Morgan fingerprint density at radius 2 is 2.23 bits per heavy atom. The summed E-state index contributed by atoms with van der Waals surface area (Å²) in [5.74, 6) is 0.648. The maximum atomic E-state index is 12.6. The number of ether oxygens (including phenoxy) is 2. The van der Waals surface area contributed by atoms with E-state index in [9.17, 15) is 4.79 Å². The standard InChI is InChI=1S/C16H23N3O3/c1-18-7-2-4-13(11-18)22-16(20)19-8-3-9-21-15-10-12(17)5-6-14(15)19/h5-6,10,13H,2-4,7-9,11,17H2,1H3. The van der Waals surface area contributed by atoms with Gasteiger partial charge in [-0.05, 0) is 45.0 Å². The number of nitrogen functional groups attached to an aromatic ring is 1. The lowest BCUT2D eigenvalue weighted by atomic mass is 10.1. The van der Waals surface area contributed by atoms with Gasteiger partial charge in [-0.25, -0.2) is 4.79 Å². The van der Waals surface area contributed by atoms with Gasteiger partial charge in [-0.1, -0.05) is 0 Å². The van der Waals surface area contributed by atoms with Gasteiger partial charge in [-0.3, -0.25) is 4.90 Å². The summed E-state index contributed by atoms with van der Waals surface area (Å²) in [5.41, 5.74) is 7.16. The highest BCUT2D eigenvalue weighted by Crippen LogP contribution is 2.33. The summed E-state index contributed by atoms with van der Waals surface area (Å²) in [7, 11) is 2.05. The number of nitrogens with zero attached hydrogens (tertiary/aromatic N) is 2. The number of anilines is 2. The first kappa shape index (κ1) is 15.0. The number of nitrogens with two attached hydrogens (primary N) is 1. The number of hydrogen-bond donors (Lipinski definition) is 1. The van der Waals surface area contributed by atoms with Crippen LogP contribution in [-0.4, -0.2) is 50.4 Å². The van der Waals surface area contributed by atoms with Crippen LogP contribution in [0.5, 0.6) is 5.75 Å². The summed E-state index contributed by atoms with van der Waals surface area (Å²) in [6.45, 7) is 3.03. The molecule has 1 saturated heterocycles. The Bertz CT molecular complexity index is 549. The molecule has 1 aromatic carbocycles. The highest BCUT2D eigenvalue weighted by Gasteiger charge is 2.27. The number of rotatable bonds is 1. The highest BCUT2D eigenvalue weighted by atomic mass is 16.6. The van der Waals surface area contributed by atoms with Crippen molar-refractivity contribution in [3.05, 3.63) is 18.2 Å².